The molecule has 3 aromatic rings. The van der Waals surface area contributed by atoms with Gasteiger partial charge in [-0.15, -0.1) is 0 Å². The van der Waals surface area contributed by atoms with Gasteiger partial charge < -0.3 is 5.32 Å². The van der Waals surface area contributed by atoms with Crippen molar-refractivity contribution < 1.29 is 4.79 Å². The number of aryl methyl sites for hydroxylation is 1. The summed E-state index contributed by atoms with van der Waals surface area (Å²) in [4.78, 5) is 39.6. The zero-order chi connectivity index (χ0) is 21.3. The molecule has 1 atom stereocenters. The van der Waals surface area contributed by atoms with Crippen LogP contribution in [-0.4, -0.2) is 21.1 Å². The van der Waals surface area contributed by atoms with Gasteiger partial charge in [0.15, 0.2) is 0 Å². The van der Waals surface area contributed by atoms with Gasteiger partial charge in [0.2, 0.25) is 5.91 Å². The highest BCUT2D eigenvalue weighted by Gasteiger charge is 2.25. The Bertz CT molecular complexity index is 1190. The van der Waals surface area contributed by atoms with E-state index < -0.39 is 17.3 Å². The second-order valence-electron chi connectivity index (χ2n) is 7.38. The van der Waals surface area contributed by atoms with Crippen LogP contribution in [0.1, 0.15) is 38.8 Å². The zero-order valence-corrected chi connectivity index (χ0v) is 17.7. The molecular formula is C22H24ClN3O3. The SMILES string of the molecule is CC[C@@H](C(=O)NC(C)C)n1c(=O)n(-c2cccc(C)c2)c(=O)c2ccc(Cl)cc21. The van der Waals surface area contributed by atoms with Crippen molar-refractivity contribution in [1.29, 1.82) is 0 Å². The molecule has 0 radical (unpaired) electrons. The summed E-state index contributed by atoms with van der Waals surface area (Å²) in [6, 6.07) is 11.1. The van der Waals surface area contributed by atoms with Gasteiger partial charge in [0, 0.05) is 11.1 Å². The maximum absolute atomic E-state index is 13.5. The Morgan fingerprint density at radius 1 is 1.14 bits per heavy atom. The van der Waals surface area contributed by atoms with Crippen molar-refractivity contribution in [3.63, 3.8) is 0 Å². The molecule has 3 rings (SSSR count). The Balaban J connectivity index is 2.42. The number of benzene rings is 2. The molecule has 1 amide bonds. The molecule has 1 N–H and O–H groups in total. The first kappa shape index (κ1) is 20.9. The summed E-state index contributed by atoms with van der Waals surface area (Å²) in [5, 5.41) is 3.57. The smallest absolute Gasteiger partial charge is 0.336 e. The fourth-order valence-electron chi connectivity index (χ4n) is 3.46. The van der Waals surface area contributed by atoms with Gasteiger partial charge >= 0.3 is 5.69 Å². The number of hydrogen-bond donors (Lipinski definition) is 1. The first-order valence-corrected chi connectivity index (χ1v) is 9.96. The normalized spacial score (nSPS) is 12.3. The third-order valence-electron chi connectivity index (χ3n) is 4.74. The standard InChI is InChI=1S/C22H24ClN3O3/c1-5-18(20(27)24-13(2)3)26-19-12-15(23)9-10-17(19)21(28)25(22(26)29)16-8-6-7-14(4)11-16/h6-13,18H,5H2,1-4H3,(H,24,27)/t18-/m0/s1. The summed E-state index contributed by atoms with van der Waals surface area (Å²) in [6.07, 6.45) is 0.381. The van der Waals surface area contributed by atoms with Crippen LogP contribution in [0.25, 0.3) is 16.6 Å². The van der Waals surface area contributed by atoms with E-state index >= 15 is 0 Å². The summed E-state index contributed by atoms with van der Waals surface area (Å²) in [5.74, 6) is -0.277. The number of rotatable bonds is 5. The number of fused-ring (bicyclic) bond motifs is 1. The Hall–Kier alpha value is -2.86. The van der Waals surface area contributed by atoms with Crippen LogP contribution in [0.4, 0.5) is 0 Å². The zero-order valence-electron chi connectivity index (χ0n) is 16.9. The fourth-order valence-corrected chi connectivity index (χ4v) is 3.63. The Morgan fingerprint density at radius 2 is 1.86 bits per heavy atom. The van der Waals surface area contributed by atoms with Crippen LogP contribution < -0.4 is 16.6 Å². The lowest BCUT2D eigenvalue weighted by molar-refractivity contribution is -0.124. The van der Waals surface area contributed by atoms with Crippen molar-refractivity contribution in [2.24, 2.45) is 0 Å². The van der Waals surface area contributed by atoms with Gasteiger partial charge in [-0.25, -0.2) is 9.36 Å². The minimum absolute atomic E-state index is 0.0789. The monoisotopic (exact) mass is 413 g/mol. The molecule has 7 heteroatoms. The van der Waals surface area contributed by atoms with Gasteiger partial charge in [-0.3, -0.25) is 14.2 Å². The molecule has 0 aliphatic carbocycles. The maximum atomic E-state index is 13.5. The van der Waals surface area contributed by atoms with E-state index in [0.717, 1.165) is 10.1 Å². The lowest BCUT2D eigenvalue weighted by Crippen LogP contribution is -2.45. The van der Waals surface area contributed by atoms with E-state index in [1.165, 1.54) is 4.57 Å². The first-order valence-electron chi connectivity index (χ1n) is 9.58. The third-order valence-corrected chi connectivity index (χ3v) is 4.98. The topological polar surface area (TPSA) is 73.1 Å². The molecule has 29 heavy (non-hydrogen) atoms. The van der Waals surface area contributed by atoms with E-state index in [1.54, 1.807) is 36.4 Å². The van der Waals surface area contributed by atoms with E-state index in [2.05, 4.69) is 5.32 Å². The molecule has 0 saturated carbocycles. The number of nitrogens with one attached hydrogen (secondary N) is 1. The molecule has 1 aromatic heterocycles. The highest BCUT2D eigenvalue weighted by Crippen LogP contribution is 2.21. The van der Waals surface area contributed by atoms with Crippen LogP contribution in [0, 0.1) is 6.92 Å². The quantitative estimate of drug-likeness (QED) is 0.694. The number of halogens is 1. The lowest BCUT2D eigenvalue weighted by atomic mass is 10.1. The Kier molecular flexibility index (Phi) is 5.94. The minimum Gasteiger partial charge on any atom is -0.352 e. The second kappa shape index (κ2) is 8.25. The third kappa shape index (κ3) is 3.98. The van der Waals surface area contributed by atoms with Gasteiger partial charge in [0.25, 0.3) is 5.56 Å². The highest BCUT2D eigenvalue weighted by atomic mass is 35.5. The van der Waals surface area contributed by atoms with Gasteiger partial charge in [0.05, 0.1) is 16.6 Å². The summed E-state index contributed by atoms with van der Waals surface area (Å²) in [7, 11) is 0. The number of carbonyl (C=O) groups excluding carboxylic acids is 1. The lowest BCUT2D eigenvalue weighted by Gasteiger charge is -2.22. The molecule has 0 aliphatic heterocycles. The van der Waals surface area contributed by atoms with Crippen LogP contribution in [0.15, 0.2) is 52.1 Å². The number of nitrogens with zero attached hydrogens (tertiary/aromatic N) is 2. The van der Waals surface area contributed by atoms with Gasteiger partial charge in [-0.05, 0) is 63.1 Å². The average molecular weight is 414 g/mol. The number of hydrogen-bond acceptors (Lipinski definition) is 3. The summed E-state index contributed by atoms with van der Waals surface area (Å²) in [6.45, 7) is 7.43. The number of amides is 1. The van der Waals surface area contributed by atoms with Crippen LogP contribution in [-0.2, 0) is 4.79 Å². The second-order valence-corrected chi connectivity index (χ2v) is 7.82. The number of aromatic nitrogens is 2. The molecule has 0 saturated heterocycles. The molecule has 0 fully saturated rings. The van der Waals surface area contributed by atoms with Crippen molar-refractivity contribution in [2.45, 2.75) is 46.2 Å². The van der Waals surface area contributed by atoms with Crippen molar-refractivity contribution >= 4 is 28.4 Å². The van der Waals surface area contributed by atoms with E-state index in [-0.39, 0.29) is 11.9 Å². The molecule has 2 aromatic carbocycles. The highest BCUT2D eigenvalue weighted by molar-refractivity contribution is 6.31. The van der Waals surface area contributed by atoms with Crippen molar-refractivity contribution in [3.05, 3.63) is 73.9 Å². The molecule has 152 valence electrons. The van der Waals surface area contributed by atoms with Crippen LogP contribution in [0.3, 0.4) is 0 Å². The van der Waals surface area contributed by atoms with E-state index in [9.17, 15) is 14.4 Å². The van der Waals surface area contributed by atoms with E-state index in [1.807, 2.05) is 33.8 Å². The van der Waals surface area contributed by atoms with Gasteiger partial charge in [-0.1, -0.05) is 30.7 Å². The maximum Gasteiger partial charge on any atom is 0.336 e. The van der Waals surface area contributed by atoms with Crippen molar-refractivity contribution in [2.75, 3.05) is 0 Å². The summed E-state index contributed by atoms with van der Waals surface area (Å²) < 4.78 is 2.50. The van der Waals surface area contributed by atoms with E-state index in [0.29, 0.717) is 28.0 Å². The molecule has 1 heterocycles. The number of carbonyl (C=O) groups is 1. The van der Waals surface area contributed by atoms with Gasteiger partial charge in [0.1, 0.15) is 6.04 Å². The summed E-state index contributed by atoms with van der Waals surface area (Å²) in [5.41, 5.74) is 0.719. The van der Waals surface area contributed by atoms with Crippen LogP contribution in [0.5, 0.6) is 0 Å². The summed E-state index contributed by atoms with van der Waals surface area (Å²) >= 11 is 6.16. The predicted octanol–water partition coefficient (Wildman–Crippen LogP) is 3.59. The molecule has 0 aliphatic rings. The molecule has 0 bridgehead atoms. The van der Waals surface area contributed by atoms with Gasteiger partial charge in [-0.2, -0.15) is 0 Å². The minimum atomic E-state index is -0.775. The van der Waals surface area contributed by atoms with Crippen LogP contribution >= 0.6 is 11.6 Å². The first-order chi connectivity index (χ1) is 13.7. The molecular weight excluding hydrogens is 390 g/mol. The largest absolute Gasteiger partial charge is 0.352 e. The average Bonchev–Trinajstić information content (AvgIpc) is 2.64. The Morgan fingerprint density at radius 3 is 2.48 bits per heavy atom. The molecule has 0 spiro atoms. The van der Waals surface area contributed by atoms with Crippen LogP contribution in [0.2, 0.25) is 5.02 Å². The molecule has 6 nitrogen and oxygen atoms in total. The van der Waals surface area contributed by atoms with E-state index in [4.69, 9.17) is 11.6 Å². The predicted molar refractivity (Wildman–Crippen MR) is 116 cm³/mol. The fraction of sp³-hybridized carbons (Fsp3) is 0.318. The Labute approximate surface area is 173 Å². The van der Waals surface area contributed by atoms with Crippen molar-refractivity contribution in [3.8, 4) is 5.69 Å². The van der Waals surface area contributed by atoms with Crippen molar-refractivity contribution in [1.82, 2.24) is 14.5 Å². The molecule has 0 unspecified atom stereocenters.